The number of hydrogen-bond donors (Lipinski definition) is 3. The number of allylic oxidation sites excluding steroid dienone is 4. The largest absolute Gasteiger partial charge is 0.465 e. The van der Waals surface area contributed by atoms with Crippen molar-refractivity contribution in [2.45, 2.75) is 104 Å². The summed E-state index contributed by atoms with van der Waals surface area (Å²) in [5.41, 5.74) is 2.64. The maximum atomic E-state index is 12.6. The van der Waals surface area contributed by atoms with Crippen LogP contribution in [0.2, 0.25) is 0 Å². The van der Waals surface area contributed by atoms with Gasteiger partial charge in [-0.15, -0.1) is 0 Å². The number of esters is 1. The van der Waals surface area contributed by atoms with E-state index in [1.165, 1.54) is 12.0 Å². The van der Waals surface area contributed by atoms with Crippen LogP contribution in [0.5, 0.6) is 0 Å². The predicted molar refractivity (Wildman–Crippen MR) is 147 cm³/mol. The fourth-order valence-corrected chi connectivity index (χ4v) is 7.35. The lowest BCUT2D eigenvalue weighted by atomic mass is 9.61. The number of fused-ring (bicyclic) bond motifs is 1. The average Bonchev–Trinajstić information content (AvgIpc) is 3.58. The Kier molecular flexibility index (Phi) is 8.57. The number of aliphatic hydroxyl groups excluding tert-OH is 3. The summed E-state index contributed by atoms with van der Waals surface area (Å²) in [6, 6.07) is 0. The molecule has 5 nitrogen and oxygen atoms in total. The molecular weight excluding hydrogens is 464 g/mol. The van der Waals surface area contributed by atoms with E-state index in [0.29, 0.717) is 50.0 Å². The topological polar surface area (TPSA) is 87.0 Å². The Bertz CT molecular complexity index is 954. The molecule has 0 amide bonds. The summed E-state index contributed by atoms with van der Waals surface area (Å²) in [6.07, 6.45) is 14.5. The first-order valence-electron chi connectivity index (χ1n) is 14.5. The average molecular weight is 513 g/mol. The van der Waals surface area contributed by atoms with Gasteiger partial charge in [0, 0.05) is 6.42 Å². The van der Waals surface area contributed by atoms with Gasteiger partial charge in [0.1, 0.15) is 0 Å². The number of aliphatic hydroxyl groups is 3. The number of carbonyl (C=O) groups is 1. The molecule has 0 saturated heterocycles. The normalized spacial score (nSPS) is 37.2. The van der Waals surface area contributed by atoms with Gasteiger partial charge in [0.15, 0.2) is 0 Å². The lowest BCUT2D eigenvalue weighted by molar-refractivity contribution is -0.154. The minimum Gasteiger partial charge on any atom is -0.465 e. The van der Waals surface area contributed by atoms with Crippen molar-refractivity contribution in [3.05, 3.63) is 47.6 Å². The summed E-state index contributed by atoms with van der Waals surface area (Å²) in [6.45, 7) is 13.2. The zero-order valence-electron chi connectivity index (χ0n) is 23.3. The predicted octanol–water partition coefficient (Wildman–Crippen LogP) is 5.66. The van der Waals surface area contributed by atoms with Gasteiger partial charge < -0.3 is 20.1 Å². The van der Waals surface area contributed by atoms with Gasteiger partial charge in [0.05, 0.1) is 30.3 Å². The smallest absolute Gasteiger partial charge is 0.315 e. The second-order valence-corrected chi connectivity index (χ2v) is 13.0. The summed E-state index contributed by atoms with van der Waals surface area (Å²) in [5.74, 6) is 1.39. The van der Waals surface area contributed by atoms with Gasteiger partial charge in [-0.05, 0) is 91.6 Å². The van der Waals surface area contributed by atoms with Gasteiger partial charge >= 0.3 is 5.97 Å². The van der Waals surface area contributed by atoms with Gasteiger partial charge in [0.25, 0.3) is 0 Å². The highest BCUT2D eigenvalue weighted by molar-refractivity contribution is 5.81. The Labute approximate surface area is 223 Å². The van der Waals surface area contributed by atoms with Crippen molar-refractivity contribution in [2.75, 3.05) is 6.61 Å². The molecule has 4 aliphatic carbocycles. The summed E-state index contributed by atoms with van der Waals surface area (Å²) in [4.78, 5) is 12.6. The summed E-state index contributed by atoms with van der Waals surface area (Å²) >= 11 is 0. The van der Waals surface area contributed by atoms with E-state index in [4.69, 9.17) is 4.74 Å². The van der Waals surface area contributed by atoms with Crippen LogP contribution in [0.4, 0.5) is 0 Å². The Hall–Kier alpha value is -1.69. The Balaban J connectivity index is 1.43. The molecule has 0 aromatic heterocycles. The molecule has 0 aromatic rings. The molecule has 206 valence electrons. The maximum absolute atomic E-state index is 12.6. The van der Waals surface area contributed by atoms with Crippen LogP contribution >= 0.6 is 0 Å². The lowest BCUT2D eigenvalue weighted by Crippen LogP contribution is -2.36. The highest BCUT2D eigenvalue weighted by Gasteiger charge is 2.56. The van der Waals surface area contributed by atoms with E-state index < -0.39 is 23.7 Å². The molecule has 5 heteroatoms. The molecule has 0 aromatic carbocycles. The molecule has 4 saturated carbocycles. The van der Waals surface area contributed by atoms with Crippen molar-refractivity contribution >= 4 is 5.97 Å². The molecule has 0 heterocycles. The van der Waals surface area contributed by atoms with Crippen molar-refractivity contribution in [1.82, 2.24) is 0 Å². The number of hydrogen-bond acceptors (Lipinski definition) is 5. The third-order valence-corrected chi connectivity index (χ3v) is 9.84. The van der Waals surface area contributed by atoms with Crippen molar-refractivity contribution in [2.24, 2.45) is 34.5 Å². The van der Waals surface area contributed by atoms with E-state index >= 15 is 0 Å². The van der Waals surface area contributed by atoms with E-state index in [9.17, 15) is 20.1 Å². The fraction of sp³-hybridized carbons (Fsp3) is 0.719. The standard InChI is InChI=1S/C32H48O5/c1-20(2)19-37-30(36)32(15-16-32)29(35)13-8-21(3)26-11-12-27-23(7-6-14-31(26,27)5)9-10-24-17-25(33)18-28(34)22(24)4/h8-10,13,20-21,25-29,33-35H,4,6-7,11-12,14-19H2,1-3,5H3/b13-8+,23-9+,24-10-/t21-,25-,26-,27?,28+,29?,31-/m1/s1. The molecule has 0 spiro atoms. The highest BCUT2D eigenvalue weighted by atomic mass is 16.5. The molecule has 0 aliphatic heterocycles. The summed E-state index contributed by atoms with van der Waals surface area (Å²) in [7, 11) is 0. The van der Waals surface area contributed by atoms with Gasteiger partial charge in [0.2, 0.25) is 0 Å². The van der Waals surface area contributed by atoms with Gasteiger partial charge in [-0.2, -0.15) is 0 Å². The van der Waals surface area contributed by atoms with E-state index in [0.717, 1.165) is 36.8 Å². The quantitative estimate of drug-likeness (QED) is 0.289. The van der Waals surface area contributed by atoms with Gasteiger partial charge in [-0.3, -0.25) is 4.79 Å². The second-order valence-electron chi connectivity index (χ2n) is 13.0. The highest BCUT2D eigenvalue weighted by Crippen LogP contribution is 2.59. The first-order valence-corrected chi connectivity index (χ1v) is 14.5. The minimum atomic E-state index is -0.789. The van der Waals surface area contributed by atoms with Crippen molar-refractivity contribution in [1.29, 1.82) is 0 Å². The zero-order valence-corrected chi connectivity index (χ0v) is 23.3. The van der Waals surface area contributed by atoms with Gasteiger partial charge in [-0.25, -0.2) is 0 Å². The second kappa shape index (κ2) is 11.2. The third-order valence-electron chi connectivity index (χ3n) is 9.84. The van der Waals surface area contributed by atoms with Crippen LogP contribution in [0.1, 0.15) is 85.5 Å². The van der Waals surface area contributed by atoms with Crippen LogP contribution in [-0.2, 0) is 9.53 Å². The van der Waals surface area contributed by atoms with Crippen molar-refractivity contribution in [3.8, 4) is 0 Å². The SMILES string of the molecule is C=C1/C(=C\C=C2/CCC[C@@]3(C)C2CC[C@@H]3[C@H](C)/C=C/C(O)C2(C(=O)OCC(C)C)CC2)C[C@@H](O)C[C@@H]1O. The first kappa shape index (κ1) is 28.3. The molecule has 0 bridgehead atoms. The van der Waals surface area contributed by atoms with Crippen LogP contribution in [0, 0.1) is 34.5 Å². The van der Waals surface area contributed by atoms with Crippen LogP contribution in [-0.4, -0.2) is 46.2 Å². The fourth-order valence-electron chi connectivity index (χ4n) is 7.35. The molecule has 0 radical (unpaired) electrons. The molecule has 4 rings (SSSR count). The Morgan fingerprint density at radius 3 is 2.54 bits per heavy atom. The monoisotopic (exact) mass is 512 g/mol. The van der Waals surface area contributed by atoms with E-state index in [2.05, 4.69) is 38.7 Å². The number of rotatable bonds is 8. The van der Waals surface area contributed by atoms with Crippen LogP contribution < -0.4 is 0 Å². The van der Waals surface area contributed by atoms with E-state index in [1.807, 2.05) is 19.9 Å². The molecule has 4 aliphatic rings. The number of ether oxygens (including phenoxy) is 1. The van der Waals surface area contributed by atoms with Crippen molar-refractivity contribution in [3.63, 3.8) is 0 Å². The lowest BCUT2D eigenvalue weighted by Gasteiger charge is -2.44. The van der Waals surface area contributed by atoms with E-state index in [1.54, 1.807) is 0 Å². The van der Waals surface area contributed by atoms with E-state index in [-0.39, 0.29) is 17.3 Å². The Morgan fingerprint density at radius 1 is 1.14 bits per heavy atom. The molecule has 37 heavy (non-hydrogen) atoms. The summed E-state index contributed by atoms with van der Waals surface area (Å²) < 4.78 is 5.47. The van der Waals surface area contributed by atoms with Crippen molar-refractivity contribution < 1.29 is 24.9 Å². The number of carbonyl (C=O) groups excluding carboxylic acids is 1. The van der Waals surface area contributed by atoms with Crippen LogP contribution in [0.3, 0.4) is 0 Å². The zero-order chi connectivity index (χ0) is 27.0. The molecule has 2 unspecified atom stereocenters. The van der Waals surface area contributed by atoms with Crippen LogP contribution in [0.15, 0.2) is 47.6 Å². The first-order chi connectivity index (χ1) is 17.5. The van der Waals surface area contributed by atoms with Gasteiger partial charge in [-0.1, -0.05) is 64.2 Å². The molecule has 3 N–H and O–H groups in total. The minimum absolute atomic E-state index is 0.202. The summed E-state index contributed by atoms with van der Waals surface area (Å²) in [5, 5.41) is 31.2. The molecular formula is C32H48O5. The molecule has 4 fully saturated rings. The van der Waals surface area contributed by atoms with Crippen LogP contribution in [0.25, 0.3) is 0 Å². The Morgan fingerprint density at radius 2 is 1.86 bits per heavy atom. The maximum Gasteiger partial charge on any atom is 0.315 e. The molecule has 7 atom stereocenters. The third kappa shape index (κ3) is 5.84.